The summed E-state index contributed by atoms with van der Waals surface area (Å²) in [6, 6.07) is -4.24. The Kier molecular flexibility index (Phi) is 16.5. The number of hydrogen-bond donors (Lipinski definition) is 10. The monoisotopic (exact) mass is 546 g/mol. The van der Waals surface area contributed by atoms with Gasteiger partial charge in [0.15, 0.2) is 11.9 Å². The van der Waals surface area contributed by atoms with Crippen LogP contribution >= 0.6 is 12.6 Å². The molecule has 0 saturated heterocycles. The second-order valence-electron chi connectivity index (χ2n) is 8.84. The van der Waals surface area contributed by atoms with Crippen LogP contribution in [0.5, 0.6) is 0 Å². The van der Waals surface area contributed by atoms with Crippen LogP contribution in [-0.2, 0) is 19.2 Å². The number of guanidine groups is 2. The molecule has 0 spiro atoms. The lowest BCUT2D eigenvalue weighted by Gasteiger charge is -2.26. The highest BCUT2D eigenvalue weighted by atomic mass is 32.1. The van der Waals surface area contributed by atoms with Crippen molar-refractivity contribution in [2.24, 2.45) is 44.6 Å². The van der Waals surface area contributed by atoms with Crippen molar-refractivity contribution in [2.45, 2.75) is 70.1 Å². The van der Waals surface area contributed by atoms with Crippen LogP contribution in [-0.4, -0.2) is 83.7 Å². The van der Waals surface area contributed by atoms with Crippen molar-refractivity contribution in [1.29, 1.82) is 0 Å². The van der Waals surface area contributed by atoms with Gasteiger partial charge in [0.2, 0.25) is 17.7 Å². The lowest BCUT2D eigenvalue weighted by molar-refractivity contribution is -0.142. The molecule has 14 N–H and O–H groups in total. The van der Waals surface area contributed by atoms with Crippen LogP contribution in [0.15, 0.2) is 9.98 Å². The number of thiol groups is 1. The average molecular weight is 547 g/mol. The minimum Gasteiger partial charge on any atom is -0.480 e. The Morgan fingerprint density at radius 3 is 1.65 bits per heavy atom. The molecule has 0 aliphatic rings. The van der Waals surface area contributed by atoms with E-state index in [0.717, 1.165) is 0 Å². The molecule has 0 saturated carbocycles. The van der Waals surface area contributed by atoms with Gasteiger partial charge in [0.25, 0.3) is 0 Å². The fourth-order valence-corrected chi connectivity index (χ4v) is 3.31. The first kappa shape index (κ1) is 33.7. The zero-order valence-corrected chi connectivity index (χ0v) is 22.2. The smallest absolute Gasteiger partial charge is 0.326 e. The number of amides is 3. The largest absolute Gasteiger partial charge is 0.480 e. The van der Waals surface area contributed by atoms with Crippen LogP contribution in [0.1, 0.15) is 46.0 Å². The zero-order chi connectivity index (χ0) is 28.5. The van der Waals surface area contributed by atoms with E-state index in [4.69, 9.17) is 28.7 Å². The van der Waals surface area contributed by atoms with E-state index in [9.17, 15) is 24.3 Å². The summed E-state index contributed by atoms with van der Waals surface area (Å²) in [7, 11) is 0. The van der Waals surface area contributed by atoms with Gasteiger partial charge < -0.3 is 49.7 Å². The fraction of sp³-hybridized carbons (Fsp3) is 0.714. The van der Waals surface area contributed by atoms with Crippen molar-refractivity contribution < 1.29 is 24.3 Å². The second-order valence-corrected chi connectivity index (χ2v) is 9.20. The zero-order valence-electron chi connectivity index (χ0n) is 21.4. The molecule has 0 radical (unpaired) electrons. The van der Waals surface area contributed by atoms with Gasteiger partial charge in [-0.05, 0) is 38.0 Å². The lowest BCUT2D eigenvalue weighted by atomic mass is 10.0. The Bertz CT molecular complexity index is 816. The van der Waals surface area contributed by atoms with Crippen molar-refractivity contribution >= 4 is 48.2 Å². The molecular formula is C21H42N10O5S. The molecular weight excluding hydrogens is 504 g/mol. The van der Waals surface area contributed by atoms with Crippen molar-refractivity contribution in [1.82, 2.24) is 16.0 Å². The number of carbonyl (C=O) groups is 4. The third kappa shape index (κ3) is 15.4. The third-order valence-corrected chi connectivity index (χ3v) is 5.41. The summed E-state index contributed by atoms with van der Waals surface area (Å²) in [5.41, 5.74) is 26.9. The third-order valence-electron chi connectivity index (χ3n) is 5.01. The van der Waals surface area contributed by atoms with Gasteiger partial charge in [-0.2, -0.15) is 12.6 Å². The lowest BCUT2D eigenvalue weighted by Crippen LogP contribution is -2.57. The number of aliphatic imine (C=N–C) groups is 2. The highest BCUT2D eigenvalue weighted by Gasteiger charge is 2.30. The van der Waals surface area contributed by atoms with Crippen LogP contribution in [0.2, 0.25) is 0 Å². The normalized spacial score (nSPS) is 14.0. The molecule has 0 aromatic heterocycles. The number of hydrogen-bond acceptors (Lipinski definition) is 8. The standard InChI is InChI=1S/C21H42N10O5S/c1-11(2)9-15(18(34)30-14(19(35)36)6-4-8-28-21(25)26)31-17(33)13(5-3-7-27-20(23)24)29-16(32)12(22)10-37/h11-15,37H,3-10,22H2,1-2H3,(H,29,32)(H,30,34)(H,31,33)(H,35,36)(H4,23,24,27)(H4,25,26,28). The van der Waals surface area contributed by atoms with E-state index >= 15 is 0 Å². The predicted octanol–water partition coefficient (Wildman–Crippen LogP) is -3.06. The maximum Gasteiger partial charge on any atom is 0.326 e. The van der Waals surface area contributed by atoms with Crippen LogP contribution in [0.25, 0.3) is 0 Å². The highest BCUT2D eigenvalue weighted by molar-refractivity contribution is 7.80. The van der Waals surface area contributed by atoms with Gasteiger partial charge in [-0.1, -0.05) is 13.8 Å². The molecule has 212 valence electrons. The first-order valence-corrected chi connectivity index (χ1v) is 12.5. The minimum atomic E-state index is -1.24. The molecule has 4 unspecified atom stereocenters. The first-order chi connectivity index (χ1) is 17.3. The van der Waals surface area contributed by atoms with Gasteiger partial charge in [0, 0.05) is 18.8 Å². The molecule has 4 atom stereocenters. The van der Waals surface area contributed by atoms with Crippen molar-refractivity contribution in [2.75, 3.05) is 18.8 Å². The summed E-state index contributed by atoms with van der Waals surface area (Å²) in [5, 5.41) is 17.2. The quantitative estimate of drug-likeness (QED) is 0.0358. The number of carboxylic acids is 1. The molecule has 0 aromatic carbocycles. The van der Waals surface area contributed by atoms with Crippen LogP contribution in [0.3, 0.4) is 0 Å². The van der Waals surface area contributed by atoms with Gasteiger partial charge in [0.1, 0.15) is 18.1 Å². The number of nitrogens with two attached hydrogens (primary N) is 5. The number of carbonyl (C=O) groups excluding carboxylic acids is 3. The molecule has 0 bridgehead atoms. The van der Waals surface area contributed by atoms with Gasteiger partial charge >= 0.3 is 5.97 Å². The SMILES string of the molecule is CC(C)CC(NC(=O)C(CCCN=C(N)N)NC(=O)C(N)CS)C(=O)NC(CCCN=C(N)N)C(=O)O. The van der Waals surface area contributed by atoms with E-state index in [0.29, 0.717) is 12.8 Å². The summed E-state index contributed by atoms with van der Waals surface area (Å²) in [6.07, 6.45) is 1.12. The number of rotatable bonds is 18. The second kappa shape index (κ2) is 18.0. The van der Waals surface area contributed by atoms with Gasteiger partial charge in [-0.25, -0.2) is 4.79 Å². The molecule has 0 heterocycles. The number of nitrogens with one attached hydrogen (secondary N) is 3. The minimum absolute atomic E-state index is 0.0197. The first-order valence-electron chi connectivity index (χ1n) is 11.9. The van der Waals surface area contributed by atoms with Crippen LogP contribution in [0.4, 0.5) is 0 Å². The topological polar surface area (TPSA) is 279 Å². The van der Waals surface area contributed by atoms with E-state index < -0.39 is 47.9 Å². The summed E-state index contributed by atoms with van der Waals surface area (Å²) in [5.74, 6) is -3.32. The van der Waals surface area contributed by atoms with Gasteiger partial charge in [-0.3, -0.25) is 24.4 Å². The predicted molar refractivity (Wildman–Crippen MR) is 145 cm³/mol. The summed E-state index contributed by atoms with van der Waals surface area (Å²) in [6.45, 7) is 4.10. The Morgan fingerprint density at radius 1 is 0.784 bits per heavy atom. The molecule has 16 heteroatoms. The molecule has 0 aliphatic heterocycles. The number of nitrogens with zero attached hydrogens (tertiary/aromatic N) is 2. The highest BCUT2D eigenvalue weighted by Crippen LogP contribution is 2.09. The maximum absolute atomic E-state index is 13.1. The Hall–Kier alpha value is -3.27. The maximum atomic E-state index is 13.1. The number of carboxylic acid groups (broad SMARTS) is 1. The van der Waals surface area contributed by atoms with Crippen molar-refractivity contribution in [3.63, 3.8) is 0 Å². The fourth-order valence-electron chi connectivity index (χ4n) is 3.14. The number of aliphatic carboxylic acids is 1. The average Bonchev–Trinajstić information content (AvgIpc) is 2.80. The Balaban J connectivity index is 5.51. The molecule has 37 heavy (non-hydrogen) atoms. The summed E-state index contributed by atoms with van der Waals surface area (Å²) in [4.78, 5) is 57.7. The van der Waals surface area contributed by atoms with Gasteiger partial charge in [-0.15, -0.1) is 0 Å². The van der Waals surface area contributed by atoms with E-state index in [2.05, 4.69) is 38.6 Å². The summed E-state index contributed by atoms with van der Waals surface area (Å²) >= 11 is 3.99. The molecule has 15 nitrogen and oxygen atoms in total. The molecule has 0 fully saturated rings. The van der Waals surface area contributed by atoms with Crippen LogP contribution < -0.4 is 44.6 Å². The van der Waals surface area contributed by atoms with Crippen molar-refractivity contribution in [3.8, 4) is 0 Å². The van der Waals surface area contributed by atoms with E-state index in [-0.39, 0.29) is 55.9 Å². The Labute approximate surface area is 222 Å². The summed E-state index contributed by atoms with van der Waals surface area (Å²) < 4.78 is 0. The molecule has 0 rings (SSSR count). The van der Waals surface area contributed by atoms with E-state index in [1.165, 1.54) is 0 Å². The van der Waals surface area contributed by atoms with Gasteiger partial charge in [0.05, 0.1) is 6.04 Å². The molecule has 3 amide bonds. The van der Waals surface area contributed by atoms with Crippen LogP contribution in [0, 0.1) is 5.92 Å². The molecule has 0 aromatic rings. The van der Waals surface area contributed by atoms with E-state index in [1.54, 1.807) is 0 Å². The molecule has 0 aliphatic carbocycles. The van der Waals surface area contributed by atoms with E-state index in [1.807, 2.05) is 13.8 Å². The van der Waals surface area contributed by atoms with Crippen molar-refractivity contribution in [3.05, 3.63) is 0 Å². The Morgan fingerprint density at radius 2 is 1.22 bits per heavy atom.